The first-order valence-electron chi connectivity index (χ1n) is 6.71. The number of nitrogens with one attached hydrogen (secondary N) is 2. The third-order valence-electron chi connectivity index (χ3n) is 3.66. The number of rotatable bonds is 4. The zero-order chi connectivity index (χ0) is 14.7. The van der Waals surface area contributed by atoms with Gasteiger partial charge in [0.2, 0.25) is 5.91 Å². The van der Waals surface area contributed by atoms with Gasteiger partial charge in [0.25, 0.3) is 0 Å². The second kappa shape index (κ2) is 6.37. The number of carbonyl (C=O) groups is 2. The molecule has 1 aromatic rings. The van der Waals surface area contributed by atoms with Gasteiger partial charge in [0.05, 0.1) is 12.7 Å². The number of ether oxygens (including phenoxy) is 1. The number of aryl methyl sites for hydroxylation is 1. The molecule has 1 aliphatic heterocycles. The number of anilines is 1. The number of hydrogen-bond donors (Lipinski definition) is 2. The van der Waals surface area contributed by atoms with Crippen molar-refractivity contribution in [2.24, 2.45) is 5.92 Å². The van der Waals surface area contributed by atoms with Crippen LogP contribution in [0.15, 0.2) is 0 Å². The minimum Gasteiger partial charge on any atom is -0.465 e. The van der Waals surface area contributed by atoms with Gasteiger partial charge >= 0.3 is 5.97 Å². The van der Waals surface area contributed by atoms with Crippen LogP contribution in [-0.4, -0.2) is 32.1 Å². The Morgan fingerprint density at radius 1 is 1.45 bits per heavy atom. The van der Waals surface area contributed by atoms with Crippen LogP contribution in [-0.2, 0) is 9.53 Å². The Labute approximate surface area is 122 Å². The lowest BCUT2D eigenvalue weighted by Crippen LogP contribution is -2.19. The van der Waals surface area contributed by atoms with Crippen molar-refractivity contribution < 1.29 is 14.3 Å². The second-order valence-corrected chi connectivity index (χ2v) is 6.31. The van der Waals surface area contributed by atoms with Gasteiger partial charge in [0.1, 0.15) is 5.00 Å². The summed E-state index contributed by atoms with van der Waals surface area (Å²) >= 11 is 1.42. The second-order valence-electron chi connectivity index (χ2n) is 5.09. The number of hydrogen-bond acceptors (Lipinski definition) is 5. The van der Waals surface area contributed by atoms with Gasteiger partial charge in [-0.1, -0.05) is 0 Å². The van der Waals surface area contributed by atoms with Crippen molar-refractivity contribution in [1.82, 2.24) is 5.32 Å². The summed E-state index contributed by atoms with van der Waals surface area (Å²) in [5, 5.41) is 6.71. The summed E-state index contributed by atoms with van der Waals surface area (Å²) in [5.74, 6) is -0.0477. The maximum atomic E-state index is 12.1. The standard InChI is InChI=1S/C14H20N2O3S/c1-8-9(2)20-13(12(8)14(18)19-3)16-11(17)6-10-4-5-15-7-10/h10,15H,4-7H2,1-3H3,(H,16,17). The highest BCUT2D eigenvalue weighted by molar-refractivity contribution is 7.16. The topological polar surface area (TPSA) is 67.4 Å². The molecular formula is C14H20N2O3S. The van der Waals surface area contributed by atoms with Crippen LogP contribution in [0.5, 0.6) is 0 Å². The third-order valence-corrected chi connectivity index (χ3v) is 4.79. The Kier molecular flexibility index (Phi) is 4.77. The average molecular weight is 296 g/mol. The highest BCUT2D eigenvalue weighted by atomic mass is 32.1. The van der Waals surface area contributed by atoms with E-state index in [0.717, 1.165) is 30.0 Å². The Bertz CT molecular complexity index is 519. The van der Waals surface area contributed by atoms with Gasteiger partial charge in [-0.05, 0) is 44.8 Å². The van der Waals surface area contributed by atoms with Crippen LogP contribution in [0.2, 0.25) is 0 Å². The molecule has 0 bridgehead atoms. The zero-order valence-electron chi connectivity index (χ0n) is 12.0. The Morgan fingerprint density at radius 2 is 2.20 bits per heavy atom. The largest absolute Gasteiger partial charge is 0.465 e. The van der Waals surface area contributed by atoms with Crippen molar-refractivity contribution in [3.63, 3.8) is 0 Å². The third kappa shape index (κ3) is 3.19. The van der Waals surface area contributed by atoms with Crippen LogP contribution in [0.3, 0.4) is 0 Å². The van der Waals surface area contributed by atoms with Crippen molar-refractivity contribution in [2.75, 3.05) is 25.5 Å². The predicted octanol–water partition coefficient (Wildman–Crippen LogP) is 2.09. The summed E-state index contributed by atoms with van der Waals surface area (Å²) in [6.45, 7) is 5.67. The zero-order valence-corrected chi connectivity index (χ0v) is 12.9. The Balaban J connectivity index is 2.10. The van der Waals surface area contributed by atoms with E-state index in [2.05, 4.69) is 10.6 Å². The van der Waals surface area contributed by atoms with E-state index in [1.165, 1.54) is 18.4 Å². The lowest BCUT2D eigenvalue weighted by atomic mass is 10.0. The molecule has 0 aromatic carbocycles. The van der Waals surface area contributed by atoms with E-state index in [0.29, 0.717) is 22.9 Å². The molecule has 1 saturated heterocycles. The highest BCUT2D eigenvalue weighted by Gasteiger charge is 2.23. The summed E-state index contributed by atoms with van der Waals surface area (Å²) in [4.78, 5) is 24.9. The van der Waals surface area contributed by atoms with Crippen molar-refractivity contribution in [1.29, 1.82) is 0 Å². The molecule has 1 unspecified atom stereocenters. The van der Waals surface area contributed by atoms with Gasteiger partial charge in [-0.15, -0.1) is 11.3 Å². The number of amides is 1. The lowest BCUT2D eigenvalue weighted by molar-refractivity contribution is -0.116. The summed E-state index contributed by atoms with van der Waals surface area (Å²) in [6.07, 6.45) is 1.52. The lowest BCUT2D eigenvalue weighted by Gasteiger charge is -2.09. The van der Waals surface area contributed by atoms with Gasteiger partial charge < -0.3 is 15.4 Å². The maximum absolute atomic E-state index is 12.1. The number of carbonyl (C=O) groups excluding carboxylic acids is 2. The van der Waals surface area contributed by atoms with Crippen molar-refractivity contribution in [3.05, 3.63) is 16.0 Å². The molecule has 2 rings (SSSR count). The normalized spacial score (nSPS) is 18.1. The predicted molar refractivity (Wildman–Crippen MR) is 79.4 cm³/mol. The molecular weight excluding hydrogens is 276 g/mol. The van der Waals surface area contributed by atoms with E-state index in [1.807, 2.05) is 13.8 Å². The van der Waals surface area contributed by atoms with Crippen molar-refractivity contribution in [2.45, 2.75) is 26.7 Å². The average Bonchev–Trinajstić information content (AvgIpc) is 2.99. The fourth-order valence-corrected chi connectivity index (χ4v) is 3.46. The monoisotopic (exact) mass is 296 g/mol. The summed E-state index contributed by atoms with van der Waals surface area (Å²) in [7, 11) is 1.35. The summed E-state index contributed by atoms with van der Waals surface area (Å²) in [6, 6.07) is 0. The van der Waals surface area contributed by atoms with Crippen molar-refractivity contribution in [3.8, 4) is 0 Å². The van der Waals surface area contributed by atoms with E-state index < -0.39 is 5.97 Å². The molecule has 2 heterocycles. The van der Waals surface area contributed by atoms with E-state index in [1.54, 1.807) is 0 Å². The molecule has 20 heavy (non-hydrogen) atoms. The molecule has 0 aliphatic carbocycles. The van der Waals surface area contributed by atoms with Crippen LogP contribution in [0.25, 0.3) is 0 Å². The first-order valence-corrected chi connectivity index (χ1v) is 7.53. The van der Waals surface area contributed by atoms with E-state index in [4.69, 9.17) is 4.74 Å². The van der Waals surface area contributed by atoms with E-state index >= 15 is 0 Å². The summed E-state index contributed by atoms with van der Waals surface area (Å²) in [5.41, 5.74) is 1.35. The highest BCUT2D eigenvalue weighted by Crippen LogP contribution is 2.33. The van der Waals surface area contributed by atoms with Crippen LogP contribution < -0.4 is 10.6 Å². The molecule has 1 aliphatic rings. The molecule has 1 aromatic heterocycles. The minimum absolute atomic E-state index is 0.0369. The van der Waals surface area contributed by atoms with Gasteiger partial charge in [-0.25, -0.2) is 4.79 Å². The molecule has 110 valence electrons. The Hall–Kier alpha value is -1.40. The molecule has 0 radical (unpaired) electrons. The SMILES string of the molecule is COC(=O)c1c(NC(=O)CC2CCNC2)sc(C)c1C. The van der Waals surface area contributed by atoms with Crippen LogP contribution in [0.1, 0.15) is 33.6 Å². The molecule has 1 amide bonds. The quantitative estimate of drug-likeness (QED) is 0.835. The van der Waals surface area contributed by atoms with Gasteiger partial charge in [0.15, 0.2) is 0 Å². The molecule has 6 heteroatoms. The minimum atomic E-state index is -0.398. The van der Waals surface area contributed by atoms with Gasteiger partial charge in [0, 0.05) is 11.3 Å². The molecule has 2 N–H and O–H groups in total. The molecule has 0 saturated carbocycles. The molecule has 1 fully saturated rings. The fourth-order valence-electron chi connectivity index (χ4n) is 2.39. The van der Waals surface area contributed by atoms with Gasteiger partial charge in [-0.2, -0.15) is 0 Å². The molecule has 0 spiro atoms. The number of methoxy groups -OCH3 is 1. The first kappa shape index (κ1) is 15.0. The van der Waals surface area contributed by atoms with Crippen LogP contribution in [0.4, 0.5) is 5.00 Å². The van der Waals surface area contributed by atoms with E-state index in [-0.39, 0.29) is 5.91 Å². The van der Waals surface area contributed by atoms with Gasteiger partial charge in [-0.3, -0.25) is 4.79 Å². The number of esters is 1. The summed E-state index contributed by atoms with van der Waals surface area (Å²) < 4.78 is 4.79. The molecule has 5 nitrogen and oxygen atoms in total. The van der Waals surface area contributed by atoms with Crippen LogP contribution in [0, 0.1) is 19.8 Å². The van der Waals surface area contributed by atoms with Crippen LogP contribution >= 0.6 is 11.3 Å². The maximum Gasteiger partial charge on any atom is 0.341 e. The van der Waals surface area contributed by atoms with Crippen molar-refractivity contribution >= 4 is 28.2 Å². The number of thiophene rings is 1. The smallest absolute Gasteiger partial charge is 0.341 e. The fraction of sp³-hybridized carbons (Fsp3) is 0.571. The van der Waals surface area contributed by atoms with E-state index in [9.17, 15) is 9.59 Å². The Morgan fingerprint density at radius 3 is 2.80 bits per heavy atom. The first-order chi connectivity index (χ1) is 9.52. The molecule has 1 atom stereocenters.